The van der Waals surface area contributed by atoms with E-state index in [1.165, 1.54) is 42.1 Å². The maximum Gasteiger partial charge on any atom is 0.279 e. The molecule has 1 aromatic carbocycles. The van der Waals surface area contributed by atoms with E-state index in [1.54, 1.807) is 7.05 Å². The molecule has 11 nitrogen and oxygen atoms in total. The standard InChI is InChI=1S/C24H32N4O7S/c1-4-34-18-8-9-19(14-18)35-27-23(24(30)26-21-16-28(2)22(29)15-25-21)17-6-10-20(11-7-17)36(31,32)13-5-12-33-3/h6-7,10-11,15-16,18-19H,4-5,8-9,12-14H2,1-3H3,(H,26,30)/b27-23+/t18-,19-/m1/s1. The second-order valence-corrected chi connectivity index (χ2v) is 10.5. The van der Waals surface area contributed by atoms with Gasteiger partial charge in [-0.3, -0.25) is 9.59 Å². The molecule has 1 amide bonds. The van der Waals surface area contributed by atoms with Crippen molar-refractivity contribution in [1.29, 1.82) is 0 Å². The van der Waals surface area contributed by atoms with Crippen LogP contribution in [-0.4, -0.2) is 67.9 Å². The zero-order valence-corrected chi connectivity index (χ0v) is 21.5. The van der Waals surface area contributed by atoms with Crippen molar-refractivity contribution < 1.29 is 27.5 Å². The normalized spacial score (nSPS) is 18.2. The molecule has 12 heteroatoms. The van der Waals surface area contributed by atoms with Crippen molar-refractivity contribution in [1.82, 2.24) is 9.55 Å². The minimum atomic E-state index is -3.50. The average molecular weight is 521 g/mol. The summed E-state index contributed by atoms with van der Waals surface area (Å²) in [5, 5.41) is 6.76. The zero-order valence-electron chi connectivity index (χ0n) is 20.7. The summed E-state index contributed by atoms with van der Waals surface area (Å²) < 4.78 is 37.0. The highest BCUT2D eigenvalue weighted by molar-refractivity contribution is 7.91. The number of ether oxygens (including phenoxy) is 2. The zero-order chi connectivity index (χ0) is 26.1. The summed E-state index contributed by atoms with van der Waals surface area (Å²) in [6, 6.07) is 5.89. The Hall–Kier alpha value is -3.09. The predicted octanol–water partition coefficient (Wildman–Crippen LogP) is 1.91. The predicted molar refractivity (Wildman–Crippen MR) is 134 cm³/mol. The van der Waals surface area contributed by atoms with Gasteiger partial charge in [-0.05, 0) is 38.3 Å². The van der Waals surface area contributed by atoms with Gasteiger partial charge in [0.05, 0.1) is 22.9 Å². The SMILES string of the molecule is CCO[C@@H]1CC[C@@H](O/N=C(/C(=O)Nc2cn(C)c(=O)cn2)c2ccc(S(=O)(=O)CCCOC)cc2)C1. The third kappa shape index (κ3) is 7.45. The van der Waals surface area contributed by atoms with E-state index in [0.717, 1.165) is 19.0 Å². The van der Waals surface area contributed by atoms with Crippen LogP contribution < -0.4 is 10.9 Å². The van der Waals surface area contributed by atoms with E-state index in [4.69, 9.17) is 14.3 Å². The summed E-state index contributed by atoms with van der Waals surface area (Å²) in [5.74, 6) is -0.508. The highest BCUT2D eigenvalue weighted by Gasteiger charge is 2.27. The number of anilines is 1. The molecule has 0 radical (unpaired) electrons. The molecule has 36 heavy (non-hydrogen) atoms. The Morgan fingerprint density at radius 3 is 2.61 bits per heavy atom. The van der Waals surface area contributed by atoms with Crippen molar-refractivity contribution in [3.8, 4) is 0 Å². The summed E-state index contributed by atoms with van der Waals surface area (Å²) in [6.07, 6.45) is 4.98. The quantitative estimate of drug-likeness (QED) is 0.254. The van der Waals surface area contributed by atoms with Crippen LogP contribution in [0, 0.1) is 0 Å². The number of hydrogen-bond donors (Lipinski definition) is 1. The number of amides is 1. The van der Waals surface area contributed by atoms with Crippen molar-refractivity contribution in [2.45, 2.75) is 49.7 Å². The van der Waals surface area contributed by atoms with Gasteiger partial charge in [-0.15, -0.1) is 0 Å². The van der Waals surface area contributed by atoms with E-state index < -0.39 is 15.7 Å². The van der Waals surface area contributed by atoms with Gasteiger partial charge in [-0.25, -0.2) is 13.4 Å². The smallest absolute Gasteiger partial charge is 0.279 e. The molecule has 1 N–H and O–H groups in total. The molecule has 0 bridgehead atoms. The molecule has 1 aromatic heterocycles. The number of aryl methyl sites for hydroxylation is 1. The molecule has 0 unspecified atom stereocenters. The van der Waals surface area contributed by atoms with Crippen molar-refractivity contribution >= 4 is 27.3 Å². The first-order valence-corrected chi connectivity index (χ1v) is 13.4. The number of oxime groups is 1. The average Bonchev–Trinajstić information content (AvgIpc) is 3.29. The minimum Gasteiger partial charge on any atom is -0.392 e. The molecule has 0 saturated heterocycles. The molecule has 1 saturated carbocycles. The second kappa shape index (κ2) is 12.7. The van der Waals surface area contributed by atoms with Gasteiger partial charge in [-0.2, -0.15) is 0 Å². The molecule has 1 heterocycles. The monoisotopic (exact) mass is 520 g/mol. The van der Waals surface area contributed by atoms with Crippen LogP contribution in [0.25, 0.3) is 0 Å². The van der Waals surface area contributed by atoms with Crippen LogP contribution in [0.2, 0.25) is 0 Å². The number of sulfone groups is 1. The molecule has 2 aromatic rings. The van der Waals surface area contributed by atoms with Gasteiger partial charge in [0.15, 0.2) is 15.5 Å². The van der Waals surface area contributed by atoms with Crippen LogP contribution in [-0.2, 0) is 36.0 Å². The number of hydrogen-bond acceptors (Lipinski definition) is 9. The van der Waals surface area contributed by atoms with Crippen LogP contribution in [0.3, 0.4) is 0 Å². The Kier molecular flexibility index (Phi) is 9.73. The van der Waals surface area contributed by atoms with E-state index in [9.17, 15) is 18.0 Å². The molecule has 1 fully saturated rings. The maximum absolute atomic E-state index is 13.1. The van der Waals surface area contributed by atoms with Gasteiger partial charge < -0.3 is 24.2 Å². The van der Waals surface area contributed by atoms with E-state index in [2.05, 4.69) is 15.5 Å². The van der Waals surface area contributed by atoms with Crippen LogP contribution in [0.4, 0.5) is 5.82 Å². The molecule has 0 spiro atoms. The lowest BCUT2D eigenvalue weighted by molar-refractivity contribution is -0.110. The Bertz CT molecular complexity index is 1230. The number of carbonyl (C=O) groups is 1. The van der Waals surface area contributed by atoms with Gasteiger partial charge in [0.2, 0.25) is 0 Å². The van der Waals surface area contributed by atoms with Crippen LogP contribution in [0.1, 0.15) is 38.2 Å². The lowest BCUT2D eigenvalue weighted by atomic mass is 10.1. The van der Waals surface area contributed by atoms with Crippen LogP contribution in [0.5, 0.6) is 0 Å². The van der Waals surface area contributed by atoms with Gasteiger partial charge in [-0.1, -0.05) is 17.3 Å². The van der Waals surface area contributed by atoms with Crippen molar-refractivity contribution in [3.05, 3.63) is 52.6 Å². The molecule has 3 rings (SSSR count). The van der Waals surface area contributed by atoms with Crippen molar-refractivity contribution in [3.63, 3.8) is 0 Å². The first-order valence-electron chi connectivity index (χ1n) is 11.7. The first kappa shape index (κ1) is 27.5. The minimum absolute atomic E-state index is 0.0474. The molecular weight excluding hydrogens is 488 g/mol. The number of rotatable bonds is 12. The topological polar surface area (TPSA) is 138 Å². The number of aromatic nitrogens is 2. The molecule has 196 valence electrons. The number of nitrogens with zero attached hydrogens (tertiary/aromatic N) is 3. The maximum atomic E-state index is 13.1. The Morgan fingerprint density at radius 1 is 1.22 bits per heavy atom. The van der Waals surface area contributed by atoms with Gasteiger partial charge >= 0.3 is 0 Å². The highest BCUT2D eigenvalue weighted by Crippen LogP contribution is 2.25. The lowest BCUT2D eigenvalue weighted by Gasteiger charge is -2.13. The fourth-order valence-corrected chi connectivity index (χ4v) is 5.09. The summed E-state index contributed by atoms with van der Waals surface area (Å²) in [5.41, 5.74) is -0.000957. The number of nitrogens with one attached hydrogen (secondary N) is 1. The number of carbonyl (C=O) groups excluding carboxylic acids is 1. The molecule has 1 aliphatic carbocycles. The Labute approximate surface area is 210 Å². The molecule has 0 aliphatic heterocycles. The van der Waals surface area contributed by atoms with E-state index in [1.807, 2.05) is 6.92 Å². The van der Waals surface area contributed by atoms with E-state index in [-0.39, 0.29) is 39.9 Å². The van der Waals surface area contributed by atoms with Gasteiger partial charge in [0, 0.05) is 45.6 Å². The molecular formula is C24H32N4O7S. The van der Waals surface area contributed by atoms with Crippen molar-refractivity contribution in [2.75, 3.05) is 31.4 Å². The number of benzene rings is 1. The summed E-state index contributed by atoms with van der Waals surface area (Å²) in [6.45, 7) is 2.89. The van der Waals surface area contributed by atoms with E-state index in [0.29, 0.717) is 31.6 Å². The van der Waals surface area contributed by atoms with Crippen LogP contribution >= 0.6 is 0 Å². The van der Waals surface area contributed by atoms with E-state index >= 15 is 0 Å². The second-order valence-electron chi connectivity index (χ2n) is 8.42. The first-order chi connectivity index (χ1) is 17.2. The number of methoxy groups -OCH3 is 1. The highest BCUT2D eigenvalue weighted by atomic mass is 32.2. The fourth-order valence-electron chi connectivity index (χ4n) is 3.80. The summed E-state index contributed by atoms with van der Waals surface area (Å²) in [7, 11) is -0.441. The summed E-state index contributed by atoms with van der Waals surface area (Å²) in [4.78, 5) is 34.5. The Morgan fingerprint density at radius 2 is 1.94 bits per heavy atom. The Balaban J connectivity index is 1.83. The third-order valence-electron chi connectivity index (χ3n) is 5.71. The molecule has 1 aliphatic rings. The van der Waals surface area contributed by atoms with Gasteiger partial charge in [0.1, 0.15) is 11.9 Å². The van der Waals surface area contributed by atoms with Crippen molar-refractivity contribution in [2.24, 2.45) is 12.2 Å². The van der Waals surface area contributed by atoms with Crippen LogP contribution in [0.15, 0.2) is 51.5 Å². The fraction of sp³-hybridized carbons (Fsp3) is 0.500. The molecule has 2 atom stereocenters. The third-order valence-corrected chi connectivity index (χ3v) is 7.53. The largest absolute Gasteiger partial charge is 0.392 e. The lowest BCUT2D eigenvalue weighted by Crippen LogP contribution is -2.27. The summed E-state index contributed by atoms with van der Waals surface area (Å²) >= 11 is 0. The van der Waals surface area contributed by atoms with Gasteiger partial charge in [0.25, 0.3) is 11.5 Å².